The van der Waals surface area contributed by atoms with Gasteiger partial charge in [-0.1, -0.05) is 118 Å². The molecule has 180 valence electrons. The minimum absolute atomic E-state index is 0.0851. The summed E-state index contributed by atoms with van der Waals surface area (Å²) in [6.45, 7) is 9.18. The van der Waals surface area contributed by atoms with Crippen molar-refractivity contribution in [2.24, 2.45) is 17.8 Å². The van der Waals surface area contributed by atoms with E-state index in [-0.39, 0.29) is 17.5 Å². The van der Waals surface area contributed by atoms with Crippen molar-refractivity contribution < 1.29 is 4.57 Å². The van der Waals surface area contributed by atoms with Gasteiger partial charge in [0.15, 0.2) is 0 Å². The number of hydrogen-bond donors (Lipinski definition) is 1. The third-order valence-electron chi connectivity index (χ3n) is 7.85. The molecule has 3 aromatic rings. The molecular weight excluding hydrogens is 433 g/mol. The third-order valence-corrected chi connectivity index (χ3v) is 11.7. The first kappa shape index (κ1) is 25.0. The van der Waals surface area contributed by atoms with Crippen molar-refractivity contribution in [3.63, 3.8) is 0 Å². The van der Waals surface area contributed by atoms with Crippen LogP contribution in [0.4, 0.5) is 0 Å². The van der Waals surface area contributed by atoms with E-state index in [1.54, 1.807) is 0 Å². The van der Waals surface area contributed by atoms with Crippen molar-refractivity contribution in [1.82, 2.24) is 5.32 Å². The SMILES string of the molecule is CC(C)[C@@H]1CC[C@@H](C)CC1[P@@](=O)(c1ccccc1)[C@@H](N[C@H](C)c1ccccc1)c1ccccc1. The Morgan fingerprint density at radius 3 is 1.85 bits per heavy atom. The quantitative estimate of drug-likeness (QED) is 0.334. The molecule has 1 fully saturated rings. The van der Waals surface area contributed by atoms with Crippen LogP contribution >= 0.6 is 7.14 Å². The van der Waals surface area contributed by atoms with E-state index in [1.807, 2.05) is 12.1 Å². The van der Waals surface area contributed by atoms with E-state index in [2.05, 4.69) is 112 Å². The second-order valence-electron chi connectivity index (χ2n) is 10.6. The number of benzene rings is 3. The minimum Gasteiger partial charge on any atom is -0.316 e. The molecule has 2 nitrogen and oxygen atoms in total. The molecule has 0 bridgehead atoms. The summed E-state index contributed by atoms with van der Waals surface area (Å²) >= 11 is 0. The molecule has 3 aromatic carbocycles. The maximum absolute atomic E-state index is 15.8. The molecule has 1 aliphatic carbocycles. The first-order valence-corrected chi connectivity index (χ1v) is 14.8. The summed E-state index contributed by atoms with van der Waals surface area (Å²) in [7, 11) is -2.91. The predicted molar refractivity (Wildman–Crippen MR) is 146 cm³/mol. The van der Waals surface area contributed by atoms with Gasteiger partial charge in [-0.2, -0.15) is 0 Å². The smallest absolute Gasteiger partial charge is 0.139 e. The van der Waals surface area contributed by atoms with E-state index in [0.29, 0.717) is 17.8 Å². The van der Waals surface area contributed by atoms with Crippen LogP contribution in [0.2, 0.25) is 0 Å². The lowest BCUT2D eigenvalue weighted by molar-refractivity contribution is 0.235. The molecule has 1 saturated carbocycles. The van der Waals surface area contributed by atoms with Gasteiger partial charge in [0.25, 0.3) is 0 Å². The Kier molecular flexibility index (Phi) is 8.12. The maximum atomic E-state index is 15.8. The average molecular weight is 474 g/mol. The van der Waals surface area contributed by atoms with Crippen LogP contribution in [0.1, 0.15) is 69.9 Å². The predicted octanol–water partition coefficient (Wildman–Crippen LogP) is 8.19. The van der Waals surface area contributed by atoms with Crippen LogP contribution in [0.3, 0.4) is 0 Å². The molecule has 34 heavy (non-hydrogen) atoms. The molecule has 3 heteroatoms. The van der Waals surface area contributed by atoms with Crippen LogP contribution in [-0.4, -0.2) is 5.66 Å². The van der Waals surface area contributed by atoms with Gasteiger partial charge in [0.1, 0.15) is 7.14 Å². The van der Waals surface area contributed by atoms with E-state index in [0.717, 1.165) is 23.7 Å². The molecule has 6 atom stereocenters. The number of hydrogen-bond acceptors (Lipinski definition) is 2. The van der Waals surface area contributed by atoms with Crippen molar-refractivity contribution in [2.45, 2.75) is 64.4 Å². The summed E-state index contributed by atoms with van der Waals surface area (Å²) in [6, 6.07) is 31.5. The van der Waals surface area contributed by atoms with Crippen molar-refractivity contribution in [1.29, 1.82) is 0 Å². The summed E-state index contributed by atoms with van der Waals surface area (Å²) in [5.74, 6) is 1.34. The second-order valence-corrected chi connectivity index (χ2v) is 13.7. The Labute approximate surface area is 206 Å². The molecule has 1 aliphatic rings. The van der Waals surface area contributed by atoms with Gasteiger partial charge in [0.05, 0.1) is 5.78 Å². The summed E-state index contributed by atoms with van der Waals surface area (Å²) in [5, 5.41) is 4.91. The van der Waals surface area contributed by atoms with Crippen LogP contribution in [0.5, 0.6) is 0 Å². The molecule has 1 unspecified atom stereocenters. The Morgan fingerprint density at radius 2 is 1.29 bits per heavy atom. The lowest BCUT2D eigenvalue weighted by atomic mass is 9.77. The Bertz CT molecular complexity index is 1070. The lowest BCUT2D eigenvalue weighted by Crippen LogP contribution is -2.39. The lowest BCUT2D eigenvalue weighted by Gasteiger charge is -2.45. The van der Waals surface area contributed by atoms with Crippen LogP contribution in [0, 0.1) is 17.8 Å². The third kappa shape index (κ3) is 5.24. The zero-order chi connectivity index (χ0) is 24.1. The summed E-state index contributed by atoms with van der Waals surface area (Å²) in [6.07, 6.45) is 3.42. The molecule has 4 rings (SSSR count). The van der Waals surface area contributed by atoms with Gasteiger partial charge in [-0.25, -0.2) is 0 Å². The van der Waals surface area contributed by atoms with Crippen LogP contribution < -0.4 is 10.6 Å². The maximum Gasteiger partial charge on any atom is 0.139 e. The summed E-state index contributed by atoms with van der Waals surface area (Å²) < 4.78 is 15.8. The van der Waals surface area contributed by atoms with Gasteiger partial charge < -0.3 is 4.57 Å². The van der Waals surface area contributed by atoms with Crippen molar-refractivity contribution >= 4 is 12.4 Å². The Balaban J connectivity index is 1.87. The van der Waals surface area contributed by atoms with Crippen molar-refractivity contribution in [3.05, 3.63) is 102 Å². The zero-order valence-corrected chi connectivity index (χ0v) is 22.0. The highest BCUT2D eigenvalue weighted by molar-refractivity contribution is 7.72. The average Bonchev–Trinajstić information content (AvgIpc) is 2.88. The highest BCUT2D eigenvalue weighted by Crippen LogP contribution is 2.66. The molecule has 0 aliphatic heterocycles. The van der Waals surface area contributed by atoms with E-state index in [4.69, 9.17) is 0 Å². The topological polar surface area (TPSA) is 29.1 Å². The standard InChI is InChI=1S/C31H40NOP/c1-23(2)29-21-20-24(3)22-30(29)34(33,28-18-12-7-13-19-28)31(27-16-10-6-11-17-27)32-25(4)26-14-8-5-9-15-26/h5-19,23-25,29-32H,20-22H2,1-4H3/t24-,25-,29+,30?,31-,34+/m1/s1. The van der Waals surface area contributed by atoms with E-state index in [9.17, 15) is 0 Å². The molecule has 1 N–H and O–H groups in total. The largest absolute Gasteiger partial charge is 0.316 e. The molecule has 0 radical (unpaired) electrons. The highest BCUT2D eigenvalue weighted by Gasteiger charge is 2.48. The van der Waals surface area contributed by atoms with Crippen LogP contribution in [-0.2, 0) is 4.57 Å². The Morgan fingerprint density at radius 1 is 0.765 bits per heavy atom. The fourth-order valence-electron chi connectivity index (χ4n) is 5.92. The summed E-state index contributed by atoms with van der Waals surface area (Å²) in [5.41, 5.74) is 2.51. The molecule has 0 heterocycles. The fourth-order valence-corrected chi connectivity index (χ4v) is 10.4. The number of rotatable bonds is 8. The van der Waals surface area contributed by atoms with Crippen molar-refractivity contribution in [3.8, 4) is 0 Å². The minimum atomic E-state index is -2.91. The van der Waals surface area contributed by atoms with E-state index < -0.39 is 7.14 Å². The van der Waals surface area contributed by atoms with Gasteiger partial charge in [0.2, 0.25) is 0 Å². The van der Waals surface area contributed by atoms with Gasteiger partial charge in [-0.15, -0.1) is 0 Å². The molecule has 0 aromatic heterocycles. The first-order valence-electron chi connectivity index (χ1n) is 12.9. The highest BCUT2D eigenvalue weighted by atomic mass is 31.2. The fraction of sp³-hybridized carbons (Fsp3) is 0.419. The monoisotopic (exact) mass is 473 g/mol. The normalized spacial score (nSPS) is 24.3. The van der Waals surface area contributed by atoms with Gasteiger partial charge in [0, 0.05) is 17.0 Å². The molecular formula is C31H40NOP. The summed E-state index contributed by atoms with van der Waals surface area (Å²) in [4.78, 5) is 0. The first-order chi connectivity index (χ1) is 16.4. The Hall–Kier alpha value is -2.15. The van der Waals surface area contributed by atoms with E-state index >= 15 is 4.57 Å². The zero-order valence-electron chi connectivity index (χ0n) is 21.1. The molecule has 0 saturated heterocycles. The van der Waals surface area contributed by atoms with Gasteiger partial charge >= 0.3 is 0 Å². The molecule has 0 spiro atoms. The second kappa shape index (κ2) is 11.1. The van der Waals surface area contributed by atoms with Crippen LogP contribution in [0.15, 0.2) is 91.0 Å². The van der Waals surface area contributed by atoms with Crippen LogP contribution in [0.25, 0.3) is 0 Å². The number of nitrogens with one attached hydrogen (secondary N) is 1. The van der Waals surface area contributed by atoms with E-state index in [1.165, 1.54) is 12.0 Å². The van der Waals surface area contributed by atoms with Gasteiger partial charge in [-0.05, 0) is 48.6 Å². The van der Waals surface area contributed by atoms with Gasteiger partial charge in [-0.3, -0.25) is 5.32 Å². The molecule has 0 amide bonds. The van der Waals surface area contributed by atoms with Crippen molar-refractivity contribution in [2.75, 3.05) is 0 Å².